The molecule has 2 heterocycles. The Kier molecular flexibility index (Phi) is 6.45. The zero-order chi connectivity index (χ0) is 20.9. The third-order valence-electron chi connectivity index (χ3n) is 5.66. The average Bonchev–Trinajstić information content (AvgIpc) is 3.21. The highest BCUT2D eigenvalue weighted by molar-refractivity contribution is 6.30. The first-order valence-electron chi connectivity index (χ1n) is 10.2. The lowest BCUT2D eigenvalue weighted by molar-refractivity contribution is -0.125. The molecule has 0 radical (unpaired) electrons. The predicted molar refractivity (Wildman–Crippen MR) is 117 cm³/mol. The molecule has 1 fully saturated rings. The number of methoxy groups -OCH3 is 1. The van der Waals surface area contributed by atoms with E-state index in [9.17, 15) is 4.79 Å². The Morgan fingerprint density at radius 2 is 1.80 bits per heavy atom. The van der Waals surface area contributed by atoms with Gasteiger partial charge >= 0.3 is 0 Å². The van der Waals surface area contributed by atoms with Gasteiger partial charge < -0.3 is 10.1 Å². The van der Waals surface area contributed by atoms with E-state index in [4.69, 9.17) is 16.3 Å². The maximum atomic E-state index is 11.8. The third kappa shape index (κ3) is 4.55. The molecular weight excluding hydrogens is 400 g/mol. The Bertz CT molecular complexity index is 980. The van der Waals surface area contributed by atoms with Crippen molar-refractivity contribution in [3.63, 3.8) is 0 Å². The lowest BCUT2D eigenvalue weighted by atomic mass is 9.81. The van der Waals surface area contributed by atoms with Gasteiger partial charge in [0.25, 0.3) is 0 Å². The van der Waals surface area contributed by atoms with E-state index in [0.29, 0.717) is 10.9 Å². The summed E-state index contributed by atoms with van der Waals surface area (Å²) in [6.45, 7) is 0.108. The fourth-order valence-electron chi connectivity index (χ4n) is 4.21. The number of hydrogen-bond donors (Lipinski definition) is 2. The topological polar surface area (TPSA) is 79.9 Å². The van der Waals surface area contributed by atoms with Crippen LogP contribution < -0.4 is 5.32 Å². The first-order chi connectivity index (χ1) is 14.7. The van der Waals surface area contributed by atoms with Gasteiger partial charge in [0.1, 0.15) is 12.3 Å². The van der Waals surface area contributed by atoms with Crippen LogP contribution in [-0.4, -0.2) is 40.8 Å². The van der Waals surface area contributed by atoms with Crippen LogP contribution in [0.15, 0.2) is 48.8 Å². The van der Waals surface area contributed by atoms with Gasteiger partial charge in [-0.25, -0.2) is 0 Å². The molecule has 156 valence electrons. The number of aromatic nitrogens is 3. The van der Waals surface area contributed by atoms with Crippen molar-refractivity contribution in [3.8, 4) is 22.4 Å². The number of halogens is 1. The van der Waals surface area contributed by atoms with Crippen LogP contribution in [0.4, 0.5) is 0 Å². The minimum atomic E-state index is -0.0509. The van der Waals surface area contributed by atoms with E-state index in [-0.39, 0.29) is 18.6 Å². The smallest absolute Gasteiger partial charge is 0.246 e. The minimum absolute atomic E-state index is 0.0509. The molecule has 0 aliphatic heterocycles. The molecular formula is C23H25ClN4O2. The second-order valence-electron chi connectivity index (χ2n) is 7.65. The number of H-pyrrole nitrogens is 1. The molecule has 2 N–H and O–H groups in total. The van der Waals surface area contributed by atoms with Gasteiger partial charge in [0.15, 0.2) is 0 Å². The third-order valence-corrected chi connectivity index (χ3v) is 5.91. The summed E-state index contributed by atoms with van der Waals surface area (Å²) in [5.41, 5.74) is 5.30. The Morgan fingerprint density at radius 1 is 1.10 bits per heavy atom. The number of nitrogens with zero attached hydrogens (tertiary/aromatic N) is 2. The van der Waals surface area contributed by atoms with Crippen LogP contribution in [0.5, 0.6) is 0 Å². The summed E-state index contributed by atoms with van der Waals surface area (Å²) in [6.07, 6.45) is 7.45. The highest BCUT2D eigenvalue weighted by Crippen LogP contribution is 2.41. The molecule has 1 aromatic carbocycles. The van der Waals surface area contributed by atoms with Crippen molar-refractivity contribution in [1.82, 2.24) is 20.5 Å². The number of nitrogens with one attached hydrogen (secondary N) is 2. The zero-order valence-corrected chi connectivity index (χ0v) is 17.7. The Balaban J connectivity index is 1.60. The van der Waals surface area contributed by atoms with E-state index in [1.165, 1.54) is 7.11 Å². The number of benzene rings is 1. The molecule has 2 aromatic heterocycles. The molecule has 1 aliphatic carbocycles. The highest BCUT2D eigenvalue weighted by Gasteiger charge is 2.28. The Hall–Kier alpha value is -2.70. The first-order valence-corrected chi connectivity index (χ1v) is 10.6. The van der Waals surface area contributed by atoms with E-state index in [2.05, 4.69) is 20.5 Å². The van der Waals surface area contributed by atoms with Gasteiger partial charge in [-0.15, -0.1) is 0 Å². The van der Waals surface area contributed by atoms with Crippen LogP contribution in [0.2, 0.25) is 5.02 Å². The van der Waals surface area contributed by atoms with Gasteiger partial charge in [0.2, 0.25) is 5.91 Å². The van der Waals surface area contributed by atoms with Crippen molar-refractivity contribution in [3.05, 3.63) is 59.5 Å². The van der Waals surface area contributed by atoms with Gasteiger partial charge in [-0.3, -0.25) is 14.9 Å². The standard InChI is InChI=1S/C23H25ClN4O2/c1-30-14-20(29)26-19-8-4-17(5-9-19)23-21(15-10-12-25-13-11-15)22(27-28-23)16-2-6-18(24)7-3-16/h2-3,6-7,10-13,17,19H,4-5,8-9,14H2,1H3,(H,26,29)(H,27,28)/t17-,19+. The lowest BCUT2D eigenvalue weighted by Gasteiger charge is -2.29. The summed E-state index contributed by atoms with van der Waals surface area (Å²) in [7, 11) is 1.54. The van der Waals surface area contributed by atoms with E-state index in [1.54, 1.807) is 12.4 Å². The van der Waals surface area contributed by atoms with Gasteiger partial charge in [-0.2, -0.15) is 5.10 Å². The molecule has 0 saturated heterocycles. The van der Waals surface area contributed by atoms with Crippen LogP contribution in [0.25, 0.3) is 22.4 Å². The maximum Gasteiger partial charge on any atom is 0.246 e. The summed E-state index contributed by atoms with van der Waals surface area (Å²) >= 11 is 6.08. The SMILES string of the molecule is COCC(=O)N[C@H]1CC[C@@H](c2[nH]nc(-c3ccc(Cl)cc3)c2-c2ccncc2)CC1. The molecule has 6 nitrogen and oxygen atoms in total. The molecule has 0 atom stereocenters. The number of pyridine rings is 1. The number of carbonyl (C=O) groups excluding carboxylic acids is 1. The second kappa shape index (κ2) is 9.41. The minimum Gasteiger partial charge on any atom is -0.375 e. The molecule has 0 spiro atoms. The van der Waals surface area contributed by atoms with Crippen LogP contribution in [0.3, 0.4) is 0 Å². The second-order valence-corrected chi connectivity index (χ2v) is 8.09. The van der Waals surface area contributed by atoms with E-state index in [1.807, 2.05) is 36.4 Å². The maximum absolute atomic E-state index is 11.8. The quantitative estimate of drug-likeness (QED) is 0.606. The van der Waals surface area contributed by atoms with Gasteiger partial charge in [0.05, 0.1) is 0 Å². The number of hydrogen-bond acceptors (Lipinski definition) is 4. The summed E-state index contributed by atoms with van der Waals surface area (Å²) in [4.78, 5) is 16.0. The molecule has 1 amide bonds. The molecule has 3 aromatic rings. The molecule has 30 heavy (non-hydrogen) atoms. The normalized spacial score (nSPS) is 18.9. The van der Waals surface area contributed by atoms with Crippen molar-refractivity contribution >= 4 is 17.5 Å². The van der Waals surface area contributed by atoms with Crippen molar-refractivity contribution in [2.24, 2.45) is 0 Å². The van der Waals surface area contributed by atoms with Gasteiger partial charge in [-0.1, -0.05) is 23.7 Å². The lowest BCUT2D eigenvalue weighted by Crippen LogP contribution is -2.39. The molecule has 0 bridgehead atoms. The largest absolute Gasteiger partial charge is 0.375 e. The summed E-state index contributed by atoms with van der Waals surface area (Å²) in [6, 6.07) is 12.0. The summed E-state index contributed by atoms with van der Waals surface area (Å²) in [5, 5.41) is 11.8. The number of carbonyl (C=O) groups is 1. The van der Waals surface area contributed by atoms with Crippen molar-refractivity contribution in [2.45, 2.75) is 37.6 Å². The predicted octanol–water partition coefficient (Wildman–Crippen LogP) is 4.58. The number of rotatable bonds is 6. The first kappa shape index (κ1) is 20.6. The van der Waals surface area contributed by atoms with E-state index in [0.717, 1.165) is 53.8 Å². The van der Waals surface area contributed by atoms with E-state index >= 15 is 0 Å². The Morgan fingerprint density at radius 3 is 2.47 bits per heavy atom. The molecule has 1 saturated carbocycles. The Labute approximate surface area is 181 Å². The summed E-state index contributed by atoms with van der Waals surface area (Å²) < 4.78 is 4.91. The molecule has 1 aliphatic rings. The van der Waals surface area contributed by atoms with Crippen molar-refractivity contribution in [2.75, 3.05) is 13.7 Å². The van der Waals surface area contributed by atoms with Crippen molar-refractivity contribution < 1.29 is 9.53 Å². The number of aromatic amines is 1. The van der Waals surface area contributed by atoms with Crippen LogP contribution in [0, 0.1) is 0 Å². The van der Waals surface area contributed by atoms with E-state index < -0.39 is 0 Å². The van der Waals surface area contributed by atoms with Crippen LogP contribution in [0.1, 0.15) is 37.3 Å². The van der Waals surface area contributed by atoms with Crippen LogP contribution >= 0.6 is 11.6 Å². The number of amides is 1. The molecule has 7 heteroatoms. The number of ether oxygens (including phenoxy) is 1. The average molecular weight is 425 g/mol. The highest BCUT2D eigenvalue weighted by atomic mass is 35.5. The molecule has 0 unspecified atom stereocenters. The molecule has 4 rings (SSSR count). The van der Waals surface area contributed by atoms with Gasteiger partial charge in [0, 0.05) is 53.3 Å². The fraction of sp³-hybridized carbons (Fsp3) is 0.348. The summed E-state index contributed by atoms with van der Waals surface area (Å²) in [5.74, 6) is 0.308. The van der Waals surface area contributed by atoms with Gasteiger partial charge in [-0.05, 0) is 55.5 Å². The van der Waals surface area contributed by atoms with Crippen molar-refractivity contribution in [1.29, 1.82) is 0 Å². The fourth-order valence-corrected chi connectivity index (χ4v) is 4.33. The monoisotopic (exact) mass is 424 g/mol. The van der Waals surface area contributed by atoms with Crippen LogP contribution in [-0.2, 0) is 9.53 Å². The zero-order valence-electron chi connectivity index (χ0n) is 16.9.